The van der Waals surface area contributed by atoms with Crippen molar-refractivity contribution in [1.82, 2.24) is 19.9 Å². The monoisotopic (exact) mass is 631 g/mol. The first-order chi connectivity index (χ1) is 22.3. The van der Waals surface area contributed by atoms with E-state index in [1.807, 2.05) is 11.9 Å². The number of terminal acetylenes is 1. The Bertz CT molecular complexity index is 1940. The van der Waals surface area contributed by atoms with Crippen molar-refractivity contribution in [1.29, 1.82) is 0 Å². The second kappa shape index (κ2) is 10.9. The van der Waals surface area contributed by atoms with Crippen LogP contribution >= 0.6 is 0 Å². The number of aromatic nitrogens is 3. The number of anilines is 1. The van der Waals surface area contributed by atoms with Gasteiger partial charge in [-0.3, -0.25) is 4.90 Å². The summed E-state index contributed by atoms with van der Waals surface area (Å²) in [5, 5.41) is 11.5. The first kappa shape index (κ1) is 29.1. The summed E-state index contributed by atoms with van der Waals surface area (Å²) in [5.74, 6) is 1.11. The Morgan fingerprint density at radius 3 is 2.89 bits per heavy atom. The summed E-state index contributed by atoms with van der Waals surface area (Å²) in [4.78, 5) is 18.1. The fourth-order valence-electron chi connectivity index (χ4n) is 7.90. The lowest BCUT2D eigenvalue weighted by Gasteiger charge is -2.40. The number of phenolic OH excluding ortho intramolecular Hbond substituents is 1. The predicted octanol–water partition coefficient (Wildman–Crippen LogP) is 5.00. The van der Waals surface area contributed by atoms with Gasteiger partial charge in [0, 0.05) is 49.5 Å². The van der Waals surface area contributed by atoms with Gasteiger partial charge in [0.15, 0.2) is 5.82 Å². The Labute approximate surface area is 263 Å². The lowest BCUT2D eigenvalue weighted by Crippen LogP contribution is -2.47. The molecule has 8 rings (SSSR count). The van der Waals surface area contributed by atoms with Crippen LogP contribution in [0.15, 0.2) is 24.3 Å². The van der Waals surface area contributed by atoms with Crippen LogP contribution in [0, 0.1) is 29.9 Å². The molecule has 0 saturated carbocycles. The number of pyridine rings is 1. The third-order valence-corrected chi connectivity index (χ3v) is 10.1. The Morgan fingerprint density at radius 1 is 1.17 bits per heavy atom. The van der Waals surface area contributed by atoms with Gasteiger partial charge in [-0.1, -0.05) is 12.0 Å². The van der Waals surface area contributed by atoms with Crippen LogP contribution in [0.4, 0.5) is 19.0 Å². The third kappa shape index (κ3) is 4.51. The molecule has 238 valence electrons. The predicted molar refractivity (Wildman–Crippen MR) is 165 cm³/mol. The van der Waals surface area contributed by atoms with Crippen LogP contribution in [-0.4, -0.2) is 89.3 Å². The SMILES string of the molecule is C#Cc1c(F)ccc2cc(O)cc(-c3nc4c5c(nc(OC[C@@]67CCCN6C[C@H](F)C7)nc5c3F)N(C)C3CCOCC3CO4)c12. The van der Waals surface area contributed by atoms with E-state index in [1.165, 1.54) is 24.3 Å². The van der Waals surface area contributed by atoms with Gasteiger partial charge in [0.2, 0.25) is 5.88 Å². The lowest BCUT2D eigenvalue weighted by molar-refractivity contribution is 0.0200. The average Bonchev–Trinajstić information content (AvgIpc) is 3.58. The molecule has 3 saturated heterocycles. The van der Waals surface area contributed by atoms with Gasteiger partial charge in [-0.15, -0.1) is 6.42 Å². The number of fused-ring (bicyclic) bond motifs is 3. The lowest BCUT2D eigenvalue weighted by atomic mass is 9.94. The van der Waals surface area contributed by atoms with Gasteiger partial charge in [0.05, 0.1) is 24.3 Å². The first-order valence-corrected chi connectivity index (χ1v) is 15.5. The standard InChI is InChI=1S/C34H32F3N5O4/c1-3-22-24(36)6-5-18-11-21(43)12-23(26(18)22)29-28(37)30-27-31(41(2)25-7-10-44-15-19(25)16-45-32(27)38-29)40-33(39-30)46-17-34-8-4-9-42(34)14-20(35)13-34/h1,5-6,11-12,19-20,25,43H,4,7-10,13-17H2,2H3/t19?,20-,25?,34+/m1/s1. The van der Waals surface area contributed by atoms with Crippen molar-refractivity contribution in [3.05, 3.63) is 41.5 Å². The molecular formula is C34H32F3N5O4. The molecule has 4 atom stereocenters. The number of nitrogens with zero attached hydrogens (tertiary/aromatic N) is 5. The van der Waals surface area contributed by atoms with Crippen LogP contribution in [0.1, 0.15) is 31.2 Å². The van der Waals surface area contributed by atoms with Crippen molar-refractivity contribution < 1.29 is 32.5 Å². The molecule has 0 bridgehead atoms. The zero-order valence-electron chi connectivity index (χ0n) is 25.2. The van der Waals surface area contributed by atoms with E-state index >= 15 is 4.39 Å². The van der Waals surface area contributed by atoms with E-state index < -0.39 is 23.3 Å². The second-order valence-corrected chi connectivity index (χ2v) is 12.8. The summed E-state index contributed by atoms with van der Waals surface area (Å²) in [6.45, 7) is 2.58. The number of benzene rings is 2. The number of hydrogen-bond acceptors (Lipinski definition) is 9. The Morgan fingerprint density at radius 2 is 2.04 bits per heavy atom. The molecule has 1 N–H and O–H groups in total. The quantitative estimate of drug-likeness (QED) is 0.313. The van der Waals surface area contributed by atoms with Gasteiger partial charge in [-0.25, -0.2) is 18.2 Å². The van der Waals surface area contributed by atoms with Crippen LogP contribution in [-0.2, 0) is 4.74 Å². The average molecular weight is 632 g/mol. The molecule has 9 nitrogen and oxygen atoms in total. The Kier molecular flexibility index (Phi) is 6.88. The number of phenols is 1. The molecule has 0 radical (unpaired) electrons. The fraction of sp³-hybridized carbons (Fsp3) is 0.441. The molecular weight excluding hydrogens is 599 g/mol. The molecule has 3 fully saturated rings. The number of aromatic hydroxyl groups is 1. The highest BCUT2D eigenvalue weighted by molar-refractivity contribution is 6.04. The summed E-state index contributed by atoms with van der Waals surface area (Å²) in [5.41, 5.74) is -0.803. The number of hydrogen-bond donors (Lipinski definition) is 1. The van der Waals surface area contributed by atoms with Crippen molar-refractivity contribution in [2.24, 2.45) is 5.92 Å². The van der Waals surface area contributed by atoms with Crippen LogP contribution < -0.4 is 14.4 Å². The van der Waals surface area contributed by atoms with Crippen LogP contribution in [0.3, 0.4) is 0 Å². The smallest absolute Gasteiger partial charge is 0.319 e. The molecule has 4 aromatic rings. The largest absolute Gasteiger partial charge is 0.508 e. The van der Waals surface area contributed by atoms with Crippen molar-refractivity contribution >= 4 is 27.5 Å². The second-order valence-electron chi connectivity index (χ2n) is 12.8. The number of alkyl halides is 1. The molecule has 12 heteroatoms. The Hall–Kier alpha value is -4.34. The molecule has 0 amide bonds. The van der Waals surface area contributed by atoms with Gasteiger partial charge in [0.25, 0.3) is 0 Å². The van der Waals surface area contributed by atoms with Crippen molar-refractivity contribution in [3.8, 4) is 41.2 Å². The van der Waals surface area contributed by atoms with Gasteiger partial charge < -0.3 is 24.2 Å². The van der Waals surface area contributed by atoms with E-state index in [0.717, 1.165) is 19.4 Å². The minimum atomic E-state index is -0.938. The Balaban J connectivity index is 1.34. The topological polar surface area (TPSA) is 93.1 Å². The normalized spacial score (nSPS) is 25.9. The van der Waals surface area contributed by atoms with Crippen molar-refractivity contribution in [2.45, 2.75) is 43.4 Å². The fourth-order valence-corrected chi connectivity index (χ4v) is 7.90. The molecule has 46 heavy (non-hydrogen) atoms. The zero-order chi connectivity index (χ0) is 31.7. The first-order valence-electron chi connectivity index (χ1n) is 15.5. The summed E-state index contributed by atoms with van der Waals surface area (Å²) in [6, 6.07) is 5.32. The number of halogens is 3. The molecule has 2 aromatic carbocycles. The maximum atomic E-state index is 17.0. The zero-order valence-corrected chi connectivity index (χ0v) is 25.2. The van der Waals surface area contributed by atoms with E-state index in [1.54, 1.807) is 0 Å². The van der Waals surface area contributed by atoms with E-state index in [0.29, 0.717) is 43.8 Å². The van der Waals surface area contributed by atoms with E-state index in [4.69, 9.17) is 25.6 Å². The van der Waals surface area contributed by atoms with Crippen molar-refractivity contribution in [3.63, 3.8) is 0 Å². The van der Waals surface area contributed by atoms with Crippen LogP contribution in [0.2, 0.25) is 0 Å². The molecule has 0 aliphatic carbocycles. The summed E-state index contributed by atoms with van der Waals surface area (Å²) in [7, 11) is 1.89. The van der Waals surface area contributed by atoms with Crippen LogP contribution in [0.5, 0.6) is 17.6 Å². The third-order valence-electron chi connectivity index (χ3n) is 10.1. The van der Waals surface area contributed by atoms with E-state index in [9.17, 15) is 13.9 Å². The molecule has 2 aromatic heterocycles. The minimum Gasteiger partial charge on any atom is -0.508 e. The van der Waals surface area contributed by atoms with Gasteiger partial charge in [0.1, 0.15) is 46.8 Å². The summed E-state index contributed by atoms with van der Waals surface area (Å²) in [6.07, 6.45) is 7.57. The van der Waals surface area contributed by atoms with Crippen LogP contribution in [0.25, 0.3) is 32.9 Å². The van der Waals surface area contributed by atoms with E-state index in [-0.39, 0.29) is 75.9 Å². The minimum absolute atomic E-state index is 0.0159. The highest BCUT2D eigenvalue weighted by atomic mass is 19.1. The summed E-state index contributed by atoms with van der Waals surface area (Å²) < 4.78 is 64.7. The summed E-state index contributed by atoms with van der Waals surface area (Å²) >= 11 is 0. The highest BCUT2D eigenvalue weighted by Gasteiger charge is 2.49. The van der Waals surface area contributed by atoms with Gasteiger partial charge >= 0.3 is 6.01 Å². The molecule has 2 unspecified atom stereocenters. The maximum absolute atomic E-state index is 17.0. The molecule has 4 aliphatic rings. The van der Waals surface area contributed by atoms with Gasteiger partial charge in [-0.2, -0.15) is 9.97 Å². The number of ether oxygens (including phenoxy) is 3. The van der Waals surface area contributed by atoms with E-state index in [2.05, 4.69) is 20.8 Å². The maximum Gasteiger partial charge on any atom is 0.319 e. The van der Waals surface area contributed by atoms with Gasteiger partial charge in [-0.05, 0) is 49.4 Å². The van der Waals surface area contributed by atoms with Crippen molar-refractivity contribution in [2.75, 3.05) is 51.5 Å². The molecule has 4 aliphatic heterocycles. The number of rotatable bonds is 4. The molecule has 0 spiro atoms. The molecule has 6 heterocycles. The highest BCUT2D eigenvalue weighted by Crippen LogP contribution is 2.44.